The number of methoxy groups -OCH3 is 1. The number of aliphatic hydroxyl groups is 1. The van der Waals surface area contributed by atoms with Gasteiger partial charge in [-0.2, -0.15) is 0 Å². The number of rotatable bonds is 14. The molecule has 3 amide bonds. The Morgan fingerprint density at radius 2 is 1.69 bits per heavy atom. The number of piperazine rings is 1. The zero-order valence-electron chi connectivity index (χ0n) is 28.1. The number of hydrogen-bond acceptors (Lipinski definition) is 6. The van der Waals surface area contributed by atoms with Crippen LogP contribution in [0.15, 0.2) is 60.7 Å². The van der Waals surface area contributed by atoms with E-state index in [0.717, 1.165) is 36.6 Å². The smallest absolute Gasteiger partial charge is 0.253 e. The fraction of sp³-hybridized carbons (Fsp3) is 0.432. The van der Waals surface area contributed by atoms with Crippen LogP contribution in [0.4, 0.5) is 8.78 Å². The van der Waals surface area contributed by atoms with Crippen molar-refractivity contribution in [3.63, 3.8) is 0 Å². The minimum absolute atomic E-state index is 0.0874. The first-order valence-corrected chi connectivity index (χ1v) is 16.5. The molecule has 0 unspecified atom stereocenters. The van der Waals surface area contributed by atoms with Crippen LogP contribution in [-0.4, -0.2) is 90.6 Å². The summed E-state index contributed by atoms with van der Waals surface area (Å²) in [5, 5.41) is 17.8. The summed E-state index contributed by atoms with van der Waals surface area (Å²) in [4.78, 5) is 43.8. The number of halogens is 2. The van der Waals surface area contributed by atoms with Gasteiger partial charge in [0.15, 0.2) is 0 Å². The van der Waals surface area contributed by atoms with E-state index in [9.17, 15) is 28.3 Å². The Bertz CT molecular complexity index is 1560. The van der Waals surface area contributed by atoms with E-state index in [2.05, 4.69) is 10.6 Å². The fourth-order valence-electron chi connectivity index (χ4n) is 6.15. The van der Waals surface area contributed by atoms with Crippen LogP contribution in [0.5, 0.6) is 5.75 Å². The van der Waals surface area contributed by atoms with Gasteiger partial charge in [-0.1, -0.05) is 26.0 Å². The van der Waals surface area contributed by atoms with Crippen LogP contribution in [0.1, 0.15) is 64.1 Å². The molecule has 11 heteroatoms. The predicted molar refractivity (Wildman–Crippen MR) is 180 cm³/mol. The van der Waals surface area contributed by atoms with Gasteiger partial charge in [0.05, 0.1) is 31.7 Å². The number of carbonyl (C=O) groups is 3. The first-order chi connectivity index (χ1) is 23.0. The van der Waals surface area contributed by atoms with E-state index in [1.165, 1.54) is 6.07 Å². The average Bonchev–Trinajstić information content (AvgIpc) is 3.06. The van der Waals surface area contributed by atoms with Gasteiger partial charge in [-0.15, -0.1) is 0 Å². The molecule has 1 saturated heterocycles. The number of carbonyl (C=O) groups excluding carboxylic acids is 3. The van der Waals surface area contributed by atoms with E-state index in [1.54, 1.807) is 48.1 Å². The molecular formula is C37H46F2N4O5. The normalized spacial score (nSPS) is 15.8. The third kappa shape index (κ3) is 9.84. The van der Waals surface area contributed by atoms with Crippen molar-refractivity contribution in [3.05, 3.63) is 100 Å². The van der Waals surface area contributed by atoms with E-state index >= 15 is 0 Å². The van der Waals surface area contributed by atoms with E-state index in [4.69, 9.17) is 4.74 Å². The molecule has 1 aliphatic rings. The standard InChI is InChI=1S/C37H46F2N4O5/c1-5-11-42(12-6-2)37(47)28-15-24(3)14-27(21-28)36(46)41-32(19-26-16-29(38)22-30(39)17-26)35(45)33-23-43(13-10-40-33)34(44)20-25-8-7-9-31(18-25)48-4/h7-9,14-18,21-22,32-33,35,40,45H,5-6,10-13,19-20,23H2,1-4H3,(H,41,46)/t32-,33+,35-/m0/s1. The van der Waals surface area contributed by atoms with Crippen molar-refractivity contribution in [2.45, 2.75) is 64.6 Å². The largest absolute Gasteiger partial charge is 0.497 e. The molecule has 48 heavy (non-hydrogen) atoms. The first kappa shape index (κ1) is 36.5. The van der Waals surface area contributed by atoms with Gasteiger partial charge >= 0.3 is 0 Å². The molecule has 0 aromatic heterocycles. The van der Waals surface area contributed by atoms with Gasteiger partial charge in [0, 0.05) is 49.9 Å². The molecule has 0 radical (unpaired) electrons. The molecule has 0 aliphatic carbocycles. The highest BCUT2D eigenvalue weighted by Crippen LogP contribution is 2.19. The second kappa shape index (κ2) is 17.2. The average molecular weight is 665 g/mol. The Morgan fingerprint density at radius 3 is 2.35 bits per heavy atom. The summed E-state index contributed by atoms with van der Waals surface area (Å²) in [5.41, 5.74) is 2.35. The first-order valence-electron chi connectivity index (χ1n) is 16.5. The Labute approximate surface area is 281 Å². The summed E-state index contributed by atoms with van der Waals surface area (Å²) < 4.78 is 33.6. The summed E-state index contributed by atoms with van der Waals surface area (Å²) in [6.07, 6.45) is 0.402. The molecule has 258 valence electrons. The maximum atomic E-state index is 14.2. The summed E-state index contributed by atoms with van der Waals surface area (Å²) in [7, 11) is 1.56. The van der Waals surface area contributed by atoms with Gasteiger partial charge in [0.2, 0.25) is 5.91 Å². The summed E-state index contributed by atoms with van der Waals surface area (Å²) in [6, 6.07) is 13.6. The van der Waals surface area contributed by atoms with Crippen LogP contribution in [0.2, 0.25) is 0 Å². The lowest BCUT2D eigenvalue weighted by Gasteiger charge is -2.39. The molecule has 0 saturated carbocycles. The van der Waals surface area contributed by atoms with Crippen LogP contribution >= 0.6 is 0 Å². The highest BCUT2D eigenvalue weighted by molar-refractivity contribution is 6.00. The van der Waals surface area contributed by atoms with Gasteiger partial charge in [-0.05, 0) is 85.3 Å². The van der Waals surface area contributed by atoms with Crippen molar-refractivity contribution in [1.29, 1.82) is 0 Å². The molecule has 0 bridgehead atoms. The Morgan fingerprint density at radius 1 is 1.00 bits per heavy atom. The van der Waals surface area contributed by atoms with Crippen molar-refractivity contribution in [1.82, 2.24) is 20.4 Å². The lowest BCUT2D eigenvalue weighted by molar-refractivity contribution is -0.132. The minimum Gasteiger partial charge on any atom is -0.497 e. The van der Waals surface area contributed by atoms with E-state index in [1.807, 2.05) is 26.0 Å². The van der Waals surface area contributed by atoms with Crippen molar-refractivity contribution in [3.8, 4) is 5.75 Å². The van der Waals surface area contributed by atoms with Crippen molar-refractivity contribution >= 4 is 17.7 Å². The molecule has 4 rings (SSSR count). The van der Waals surface area contributed by atoms with E-state index in [-0.39, 0.29) is 42.3 Å². The zero-order valence-corrected chi connectivity index (χ0v) is 28.1. The second-order valence-corrected chi connectivity index (χ2v) is 12.4. The van der Waals surface area contributed by atoms with Gasteiger partial charge in [-0.3, -0.25) is 14.4 Å². The van der Waals surface area contributed by atoms with E-state index < -0.39 is 35.7 Å². The third-order valence-electron chi connectivity index (χ3n) is 8.43. The van der Waals surface area contributed by atoms with Crippen LogP contribution in [0.25, 0.3) is 0 Å². The summed E-state index contributed by atoms with van der Waals surface area (Å²) >= 11 is 0. The maximum Gasteiger partial charge on any atom is 0.253 e. The Balaban J connectivity index is 1.56. The molecule has 1 heterocycles. The Kier molecular flexibility index (Phi) is 13.0. The second-order valence-electron chi connectivity index (χ2n) is 12.4. The van der Waals surface area contributed by atoms with E-state index in [0.29, 0.717) is 43.1 Å². The summed E-state index contributed by atoms with van der Waals surface area (Å²) in [5.74, 6) is -1.76. The van der Waals surface area contributed by atoms with Gasteiger partial charge < -0.3 is 30.3 Å². The number of amides is 3. The van der Waals surface area contributed by atoms with Crippen molar-refractivity contribution in [2.75, 3.05) is 39.8 Å². The van der Waals surface area contributed by atoms with Gasteiger partial charge in [-0.25, -0.2) is 8.78 Å². The highest BCUT2D eigenvalue weighted by Gasteiger charge is 2.34. The molecule has 3 aromatic carbocycles. The predicted octanol–water partition coefficient (Wildman–Crippen LogP) is 4.29. The SMILES string of the molecule is CCCN(CCC)C(=O)c1cc(C)cc(C(=O)N[C@@H](Cc2cc(F)cc(F)c2)[C@H](O)[C@H]2CN(C(=O)Cc3cccc(OC)c3)CCN2)c1. The number of nitrogens with zero attached hydrogens (tertiary/aromatic N) is 2. The quantitative estimate of drug-likeness (QED) is 0.237. The Hall–Kier alpha value is -4.35. The topological polar surface area (TPSA) is 111 Å². The van der Waals surface area contributed by atoms with Crippen molar-refractivity contribution < 1.29 is 33.0 Å². The highest BCUT2D eigenvalue weighted by atomic mass is 19.1. The summed E-state index contributed by atoms with van der Waals surface area (Å²) in [6.45, 7) is 7.95. The monoisotopic (exact) mass is 664 g/mol. The van der Waals surface area contributed by atoms with Crippen LogP contribution < -0.4 is 15.4 Å². The number of aryl methyl sites for hydroxylation is 1. The number of ether oxygens (including phenoxy) is 1. The zero-order chi connectivity index (χ0) is 34.8. The molecule has 3 atom stereocenters. The van der Waals surface area contributed by atoms with Crippen LogP contribution in [-0.2, 0) is 17.6 Å². The lowest BCUT2D eigenvalue weighted by Crippen LogP contribution is -2.62. The molecule has 1 fully saturated rings. The molecule has 9 nitrogen and oxygen atoms in total. The van der Waals surface area contributed by atoms with Gasteiger partial charge in [0.25, 0.3) is 11.8 Å². The maximum absolute atomic E-state index is 14.2. The molecule has 1 aliphatic heterocycles. The van der Waals surface area contributed by atoms with Gasteiger partial charge in [0.1, 0.15) is 17.4 Å². The van der Waals surface area contributed by atoms with Crippen LogP contribution in [0.3, 0.4) is 0 Å². The number of aliphatic hydroxyl groups excluding tert-OH is 1. The van der Waals surface area contributed by atoms with Crippen LogP contribution in [0, 0.1) is 18.6 Å². The molecule has 3 N–H and O–H groups in total. The molecular weight excluding hydrogens is 618 g/mol. The molecule has 0 spiro atoms. The fourth-order valence-corrected chi connectivity index (χ4v) is 6.15. The third-order valence-corrected chi connectivity index (χ3v) is 8.43. The number of nitrogens with one attached hydrogen (secondary N) is 2. The number of hydrogen-bond donors (Lipinski definition) is 3. The van der Waals surface area contributed by atoms with Crippen molar-refractivity contribution in [2.24, 2.45) is 0 Å². The number of benzene rings is 3. The lowest BCUT2D eigenvalue weighted by atomic mass is 9.94. The molecule has 3 aromatic rings. The minimum atomic E-state index is -1.25.